The first-order valence-corrected chi connectivity index (χ1v) is 6.56. The molecule has 0 fully saturated rings. The fraction of sp³-hybridized carbons (Fsp3) is 0. The lowest BCUT2D eigenvalue weighted by atomic mass is 10.3. The summed E-state index contributed by atoms with van der Waals surface area (Å²) in [5.41, 5.74) is 5.48. The van der Waals surface area contributed by atoms with Crippen molar-refractivity contribution in [3.8, 4) is 0 Å². The van der Waals surface area contributed by atoms with Crippen LogP contribution in [0.1, 0.15) is 0 Å². The van der Waals surface area contributed by atoms with Gasteiger partial charge in [0.2, 0.25) is 0 Å². The molecule has 0 spiro atoms. The molecule has 3 N–H and O–H groups in total. The summed E-state index contributed by atoms with van der Waals surface area (Å²) < 4.78 is 52.0. The van der Waals surface area contributed by atoms with Crippen LogP contribution in [0, 0.1) is 11.6 Å². The van der Waals surface area contributed by atoms with Crippen molar-refractivity contribution in [3.05, 3.63) is 48.2 Å². The molecule has 0 bridgehead atoms. The Morgan fingerprint density at radius 1 is 1.16 bits per heavy atom. The molecule has 0 aliphatic heterocycles. The van der Waals surface area contributed by atoms with Crippen LogP contribution >= 0.6 is 0 Å². The Labute approximate surface area is 108 Å². The molecule has 100 valence electrons. The second kappa shape index (κ2) is 4.81. The van der Waals surface area contributed by atoms with Gasteiger partial charge in [0.25, 0.3) is 10.0 Å². The van der Waals surface area contributed by atoms with Gasteiger partial charge < -0.3 is 5.73 Å². The van der Waals surface area contributed by atoms with Crippen LogP contribution in [-0.4, -0.2) is 13.4 Å². The number of rotatable bonds is 3. The topological polar surface area (TPSA) is 85.1 Å². The average molecular weight is 285 g/mol. The van der Waals surface area contributed by atoms with Crippen LogP contribution in [-0.2, 0) is 10.0 Å². The van der Waals surface area contributed by atoms with Gasteiger partial charge in [-0.1, -0.05) is 0 Å². The smallest absolute Gasteiger partial charge is 0.264 e. The van der Waals surface area contributed by atoms with Crippen molar-refractivity contribution in [2.45, 2.75) is 4.90 Å². The molecule has 0 radical (unpaired) electrons. The molecular weight excluding hydrogens is 276 g/mol. The van der Waals surface area contributed by atoms with Crippen LogP contribution in [0.15, 0.2) is 41.4 Å². The normalized spacial score (nSPS) is 11.3. The summed E-state index contributed by atoms with van der Waals surface area (Å²) in [4.78, 5) is 3.04. The number of nitrogens with two attached hydrogens (primary N) is 1. The van der Waals surface area contributed by atoms with Crippen LogP contribution < -0.4 is 10.5 Å². The molecule has 0 saturated carbocycles. The largest absolute Gasteiger partial charge is 0.384 e. The molecule has 0 aliphatic carbocycles. The number of anilines is 2. The van der Waals surface area contributed by atoms with Gasteiger partial charge in [-0.15, -0.1) is 0 Å². The monoisotopic (exact) mass is 285 g/mol. The maximum absolute atomic E-state index is 13.4. The van der Waals surface area contributed by atoms with E-state index in [2.05, 4.69) is 9.71 Å². The van der Waals surface area contributed by atoms with Crippen molar-refractivity contribution in [3.63, 3.8) is 0 Å². The summed E-state index contributed by atoms with van der Waals surface area (Å²) in [6.45, 7) is 0. The van der Waals surface area contributed by atoms with Gasteiger partial charge in [0, 0.05) is 6.07 Å². The van der Waals surface area contributed by atoms with Gasteiger partial charge in [0.15, 0.2) is 0 Å². The third kappa shape index (κ3) is 2.97. The number of nitrogens with one attached hydrogen (secondary N) is 1. The van der Waals surface area contributed by atoms with Gasteiger partial charge in [-0.3, -0.25) is 4.72 Å². The Balaban J connectivity index is 2.35. The van der Waals surface area contributed by atoms with E-state index in [0.29, 0.717) is 6.07 Å². The first kappa shape index (κ1) is 13.2. The zero-order valence-corrected chi connectivity index (χ0v) is 10.3. The molecule has 0 unspecified atom stereocenters. The number of hydrogen-bond donors (Lipinski definition) is 2. The molecule has 2 rings (SSSR count). The molecule has 2 aromatic rings. The summed E-state index contributed by atoms with van der Waals surface area (Å²) in [5.74, 6) is -1.81. The van der Waals surface area contributed by atoms with E-state index in [-0.39, 0.29) is 11.5 Å². The lowest BCUT2D eigenvalue weighted by molar-refractivity contribution is 0.551. The Hall–Kier alpha value is -2.22. The van der Waals surface area contributed by atoms with Gasteiger partial charge in [0.1, 0.15) is 22.3 Å². The molecule has 1 aromatic heterocycles. The highest BCUT2D eigenvalue weighted by Gasteiger charge is 2.19. The first-order valence-electron chi connectivity index (χ1n) is 5.08. The van der Waals surface area contributed by atoms with Crippen molar-refractivity contribution in [1.29, 1.82) is 0 Å². The highest BCUT2D eigenvalue weighted by atomic mass is 32.2. The minimum Gasteiger partial charge on any atom is -0.384 e. The number of nitrogens with zero attached hydrogens (tertiary/aromatic N) is 1. The number of aromatic nitrogens is 1. The lowest BCUT2D eigenvalue weighted by Gasteiger charge is -2.08. The van der Waals surface area contributed by atoms with E-state index >= 15 is 0 Å². The minimum absolute atomic E-state index is 0.123. The highest BCUT2D eigenvalue weighted by Crippen LogP contribution is 2.19. The van der Waals surface area contributed by atoms with Crippen LogP contribution in [0.2, 0.25) is 0 Å². The fourth-order valence-corrected chi connectivity index (χ4v) is 2.47. The first-order chi connectivity index (χ1) is 8.88. The standard InChI is InChI=1S/C11H9F2N3O2S/c12-7-1-3-10(9(13)5-7)19(17,18)16-8-2-4-11(14)15-6-8/h1-6,16H,(H2,14,15). The van der Waals surface area contributed by atoms with Gasteiger partial charge in [-0.25, -0.2) is 22.2 Å². The van der Waals surface area contributed by atoms with Crippen LogP contribution in [0.5, 0.6) is 0 Å². The number of hydrogen-bond acceptors (Lipinski definition) is 4. The molecule has 19 heavy (non-hydrogen) atoms. The van der Waals surface area contributed by atoms with Gasteiger partial charge in [0.05, 0.1) is 11.9 Å². The van der Waals surface area contributed by atoms with Crippen molar-refractivity contribution < 1.29 is 17.2 Å². The SMILES string of the molecule is Nc1ccc(NS(=O)(=O)c2ccc(F)cc2F)cn1. The molecule has 1 heterocycles. The summed E-state index contributed by atoms with van der Waals surface area (Å²) >= 11 is 0. The molecule has 0 saturated heterocycles. The summed E-state index contributed by atoms with van der Waals surface area (Å²) in [5, 5.41) is 0. The predicted molar refractivity (Wildman–Crippen MR) is 65.8 cm³/mol. The number of sulfonamides is 1. The molecule has 0 aliphatic rings. The van der Waals surface area contributed by atoms with Crippen LogP contribution in [0.25, 0.3) is 0 Å². The zero-order valence-electron chi connectivity index (χ0n) is 9.47. The Morgan fingerprint density at radius 3 is 2.47 bits per heavy atom. The van der Waals surface area contributed by atoms with Gasteiger partial charge >= 0.3 is 0 Å². The fourth-order valence-electron chi connectivity index (χ4n) is 1.37. The molecular formula is C11H9F2N3O2S. The summed E-state index contributed by atoms with van der Waals surface area (Å²) in [6, 6.07) is 4.96. The Kier molecular flexibility index (Phi) is 3.34. The van der Waals surface area contributed by atoms with Crippen molar-refractivity contribution in [2.24, 2.45) is 0 Å². The number of halogens is 2. The summed E-state index contributed by atoms with van der Waals surface area (Å²) in [6.07, 6.45) is 1.19. The molecule has 1 aromatic carbocycles. The highest BCUT2D eigenvalue weighted by molar-refractivity contribution is 7.92. The number of nitrogen functional groups attached to an aromatic ring is 1. The minimum atomic E-state index is -4.15. The van der Waals surface area contributed by atoms with Gasteiger partial charge in [-0.05, 0) is 24.3 Å². The maximum atomic E-state index is 13.4. The van der Waals surface area contributed by atoms with Crippen LogP contribution in [0.4, 0.5) is 20.3 Å². The quantitative estimate of drug-likeness (QED) is 0.899. The van der Waals surface area contributed by atoms with Crippen LogP contribution in [0.3, 0.4) is 0 Å². The van der Waals surface area contributed by atoms with E-state index in [1.807, 2.05) is 0 Å². The molecule has 0 amide bonds. The van der Waals surface area contributed by atoms with E-state index in [4.69, 9.17) is 5.73 Å². The van der Waals surface area contributed by atoms with E-state index in [1.165, 1.54) is 18.3 Å². The van der Waals surface area contributed by atoms with Crippen molar-refractivity contribution in [1.82, 2.24) is 4.98 Å². The summed E-state index contributed by atoms with van der Waals surface area (Å²) in [7, 11) is -4.15. The number of pyridine rings is 1. The van der Waals surface area contributed by atoms with E-state index in [1.54, 1.807) is 0 Å². The third-order valence-electron chi connectivity index (χ3n) is 2.22. The Bertz CT molecular complexity index is 702. The molecule has 5 nitrogen and oxygen atoms in total. The predicted octanol–water partition coefficient (Wildman–Crippen LogP) is 1.74. The van der Waals surface area contributed by atoms with E-state index < -0.39 is 26.6 Å². The van der Waals surface area contributed by atoms with Crippen molar-refractivity contribution in [2.75, 3.05) is 10.5 Å². The van der Waals surface area contributed by atoms with Crippen molar-refractivity contribution >= 4 is 21.5 Å². The zero-order chi connectivity index (χ0) is 14.0. The third-order valence-corrected chi connectivity index (χ3v) is 3.64. The average Bonchev–Trinajstić information content (AvgIpc) is 2.31. The Morgan fingerprint density at radius 2 is 1.89 bits per heavy atom. The van der Waals surface area contributed by atoms with E-state index in [9.17, 15) is 17.2 Å². The molecule has 8 heteroatoms. The van der Waals surface area contributed by atoms with E-state index in [0.717, 1.165) is 12.1 Å². The number of benzene rings is 1. The maximum Gasteiger partial charge on any atom is 0.264 e. The molecule has 0 atom stereocenters. The second-order valence-corrected chi connectivity index (χ2v) is 5.30. The van der Waals surface area contributed by atoms with Gasteiger partial charge in [-0.2, -0.15) is 0 Å². The second-order valence-electron chi connectivity index (χ2n) is 3.65. The lowest BCUT2D eigenvalue weighted by Crippen LogP contribution is -2.15.